The average molecular weight is 791 g/mol. The molecule has 14 heteroatoms. The van der Waals surface area contributed by atoms with Crippen LogP contribution in [-0.2, 0) is 9.59 Å². The Morgan fingerprint density at radius 2 is 1.42 bits per heavy atom. The summed E-state index contributed by atoms with van der Waals surface area (Å²) in [6.45, 7) is 10.5. The van der Waals surface area contributed by atoms with Crippen LogP contribution in [0, 0.1) is 17.2 Å². The zero-order chi connectivity index (χ0) is 39.8. The van der Waals surface area contributed by atoms with Gasteiger partial charge in [0.05, 0.1) is 21.7 Å². The van der Waals surface area contributed by atoms with Crippen LogP contribution in [0.4, 0.5) is 17.1 Å². The lowest BCUT2D eigenvalue weighted by Crippen LogP contribution is -2.54. The van der Waals surface area contributed by atoms with E-state index < -0.39 is 29.7 Å². The lowest BCUT2D eigenvalue weighted by molar-refractivity contribution is -0.136. The zero-order valence-corrected chi connectivity index (χ0v) is 32.9. The number of halogens is 1. The Morgan fingerprint density at radius 1 is 0.754 bits per heavy atom. The van der Waals surface area contributed by atoms with Crippen molar-refractivity contribution >= 4 is 58.2 Å². The smallest absolute Gasteiger partial charge is 0.262 e. The number of piperazine rings is 1. The first-order valence-corrected chi connectivity index (χ1v) is 20.4. The molecule has 57 heavy (non-hydrogen) atoms. The second kappa shape index (κ2) is 16.2. The minimum Gasteiger partial charge on any atom is -0.371 e. The number of nitrogens with zero attached hydrogens (tertiary/aromatic N) is 7. The molecule has 0 bridgehead atoms. The molecule has 0 aromatic heterocycles. The Kier molecular flexibility index (Phi) is 10.9. The van der Waals surface area contributed by atoms with Gasteiger partial charge in [0.1, 0.15) is 12.1 Å². The standard InChI is InChI=1S/C43H47ClN8O5/c1-28-12-15-49(22-23-51(28)34-7-4-31(26-45)37(44)25-34)32-5-2-30(3-6-32)41(55)50-20-18-47(19-21-50)27-29-13-16-48(17-14-29)33-8-9-35-36(24-33)43(57)52(42(35)56)38-10-11-39(53)46-40(38)54/h2-9,24-25,28-29,38H,10-23,27H2,1H3,(H,46,53,54)/t28-,38?/m0/s1. The van der Waals surface area contributed by atoms with Crippen LogP contribution in [0.25, 0.3) is 0 Å². The molecular formula is C43H47ClN8O5. The highest BCUT2D eigenvalue weighted by atomic mass is 35.5. The van der Waals surface area contributed by atoms with Gasteiger partial charge in [0.25, 0.3) is 17.7 Å². The van der Waals surface area contributed by atoms with E-state index in [1.165, 1.54) is 0 Å². The van der Waals surface area contributed by atoms with E-state index >= 15 is 0 Å². The van der Waals surface area contributed by atoms with Crippen molar-refractivity contribution in [3.63, 3.8) is 0 Å². The van der Waals surface area contributed by atoms with Crippen LogP contribution < -0.4 is 20.0 Å². The van der Waals surface area contributed by atoms with Gasteiger partial charge in [-0.1, -0.05) is 11.6 Å². The highest BCUT2D eigenvalue weighted by Gasteiger charge is 2.45. The number of rotatable bonds is 7. The summed E-state index contributed by atoms with van der Waals surface area (Å²) in [5, 5.41) is 12.0. The summed E-state index contributed by atoms with van der Waals surface area (Å²) in [6.07, 6.45) is 3.18. The Morgan fingerprint density at radius 3 is 2.12 bits per heavy atom. The normalized spacial score (nSPS) is 22.4. The molecule has 0 saturated carbocycles. The third kappa shape index (κ3) is 7.81. The van der Waals surface area contributed by atoms with Crippen LogP contribution >= 0.6 is 11.6 Å². The number of hydrogen-bond donors (Lipinski definition) is 1. The molecule has 5 aliphatic rings. The van der Waals surface area contributed by atoms with Crippen molar-refractivity contribution in [2.75, 3.05) is 80.1 Å². The first-order chi connectivity index (χ1) is 27.6. The molecule has 296 valence electrons. The number of carbonyl (C=O) groups is 5. The number of hydrogen-bond acceptors (Lipinski definition) is 10. The third-order valence-corrected chi connectivity index (χ3v) is 12.7. The topological polar surface area (TPSA) is 141 Å². The summed E-state index contributed by atoms with van der Waals surface area (Å²) in [5.41, 5.74) is 4.80. The maximum Gasteiger partial charge on any atom is 0.262 e. The van der Waals surface area contributed by atoms with Crippen LogP contribution in [0.1, 0.15) is 75.7 Å². The first-order valence-electron chi connectivity index (χ1n) is 20.0. The van der Waals surface area contributed by atoms with Crippen molar-refractivity contribution in [2.24, 2.45) is 5.92 Å². The van der Waals surface area contributed by atoms with Gasteiger partial charge in [0.15, 0.2) is 0 Å². The molecule has 0 radical (unpaired) electrons. The summed E-state index contributed by atoms with van der Waals surface area (Å²) < 4.78 is 0. The number of anilines is 3. The predicted molar refractivity (Wildman–Crippen MR) is 217 cm³/mol. The van der Waals surface area contributed by atoms with Crippen LogP contribution in [0.3, 0.4) is 0 Å². The number of benzene rings is 3. The fourth-order valence-electron chi connectivity index (χ4n) is 9.00. The number of carbonyl (C=O) groups excluding carboxylic acids is 5. The van der Waals surface area contributed by atoms with Crippen molar-refractivity contribution in [2.45, 2.75) is 51.1 Å². The fraction of sp³-hybridized carbons (Fsp3) is 0.442. The summed E-state index contributed by atoms with van der Waals surface area (Å²) in [6, 6.07) is 20.5. The van der Waals surface area contributed by atoms with Crippen molar-refractivity contribution in [1.82, 2.24) is 20.0 Å². The molecule has 13 nitrogen and oxygen atoms in total. The van der Waals surface area contributed by atoms with Gasteiger partial charge in [0.2, 0.25) is 11.8 Å². The van der Waals surface area contributed by atoms with E-state index in [-0.39, 0.29) is 18.7 Å². The molecule has 4 fully saturated rings. The Hall–Kier alpha value is -5.45. The predicted octanol–water partition coefficient (Wildman–Crippen LogP) is 4.39. The maximum atomic E-state index is 13.5. The van der Waals surface area contributed by atoms with Gasteiger partial charge in [-0.05, 0) is 99.2 Å². The number of nitrogens with one attached hydrogen (secondary N) is 1. The lowest BCUT2D eigenvalue weighted by Gasteiger charge is -2.39. The average Bonchev–Trinajstić information content (AvgIpc) is 3.33. The molecule has 1 N–H and O–H groups in total. The Labute approximate surface area is 337 Å². The molecule has 5 aliphatic heterocycles. The molecule has 3 aromatic rings. The van der Waals surface area contributed by atoms with Crippen molar-refractivity contribution < 1.29 is 24.0 Å². The zero-order valence-electron chi connectivity index (χ0n) is 32.2. The quantitative estimate of drug-likeness (QED) is 0.343. The second-order valence-corrected chi connectivity index (χ2v) is 16.2. The van der Waals surface area contributed by atoms with Gasteiger partial charge in [-0.2, -0.15) is 5.26 Å². The minimum atomic E-state index is -0.975. The molecule has 0 aliphatic carbocycles. The SMILES string of the molecule is C[C@H]1CCN(c2ccc(C(=O)N3CCN(CC4CCN(c5ccc6c(c5)C(=O)N(C5CCC(=O)NC5=O)C6=O)CC4)CC3)cc2)CCN1c1ccc(C#N)c(Cl)c1. The largest absolute Gasteiger partial charge is 0.371 e. The second-order valence-electron chi connectivity index (χ2n) is 15.8. The fourth-order valence-corrected chi connectivity index (χ4v) is 9.22. The van der Waals surface area contributed by atoms with Crippen LogP contribution in [0.2, 0.25) is 5.02 Å². The minimum absolute atomic E-state index is 0.0672. The molecule has 2 atom stereocenters. The Balaban J connectivity index is 0.791. The van der Waals surface area contributed by atoms with E-state index in [1.54, 1.807) is 18.2 Å². The molecular weight excluding hydrogens is 744 g/mol. The first kappa shape index (κ1) is 38.4. The molecule has 0 spiro atoms. The summed E-state index contributed by atoms with van der Waals surface area (Å²) in [5.74, 6) is -1.39. The van der Waals surface area contributed by atoms with E-state index in [9.17, 15) is 29.2 Å². The number of amides is 5. The van der Waals surface area contributed by atoms with Gasteiger partial charge >= 0.3 is 0 Å². The lowest BCUT2D eigenvalue weighted by atomic mass is 9.95. The van der Waals surface area contributed by atoms with Gasteiger partial charge in [-0.25, -0.2) is 0 Å². The molecule has 5 heterocycles. The van der Waals surface area contributed by atoms with Crippen molar-refractivity contribution in [3.8, 4) is 6.07 Å². The van der Waals surface area contributed by atoms with E-state index in [0.717, 1.165) is 93.6 Å². The van der Waals surface area contributed by atoms with E-state index in [0.29, 0.717) is 52.3 Å². The van der Waals surface area contributed by atoms with Crippen LogP contribution in [0.5, 0.6) is 0 Å². The van der Waals surface area contributed by atoms with Gasteiger partial charge < -0.3 is 19.6 Å². The summed E-state index contributed by atoms with van der Waals surface area (Å²) in [7, 11) is 0. The molecule has 5 amide bonds. The third-order valence-electron chi connectivity index (χ3n) is 12.4. The monoisotopic (exact) mass is 790 g/mol. The number of piperidine rings is 2. The maximum absolute atomic E-state index is 13.5. The molecule has 8 rings (SSSR count). The highest BCUT2D eigenvalue weighted by Crippen LogP contribution is 2.33. The molecule has 4 saturated heterocycles. The van der Waals surface area contributed by atoms with E-state index in [2.05, 4.69) is 50.0 Å². The van der Waals surface area contributed by atoms with Crippen molar-refractivity contribution in [1.29, 1.82) is 5.26 Å². The summed E-state index contributed by atoms with van der Waals surface area (Å²) >= 11 is 6.35. The van der Waals surface area contributed by atoms with Crippen LogP contribution in [0.15, 0.2) is 60.7 Å². The number of nitriles is 1. The van der Waals surface area contributed by atoms with Crippen LogP contribution in [-0.4, -0.2) is 122 Å². The Bertz CT molecular complexity index is 2120. The summed E-state index contributed by atoms with van der Waals surface area (Å²) in [4.78, 5) is 76.4. The molecule has 1 unspecified atom stereocenters. The van der Waals surface area contributed by atoms with Gasteiger partial charge in [-0.3, -0.25) is 39.1 Å². The molecule has 3 aromatic carbocycles. The number of fused-ring (bicyclic) bond motifs is 1. The number of imide groups is 2. The van der Waals surface area contributed by atoms with Gasteiger partial charge in [0, 0.05) is 101 Å². The van der Waals surface area contributed by atoms with Gasteiger partial charge in [-0.15, -0.1) is 0 Å². The highest BCUT2D eigenvalue weighted by molar-refractivity contribution is 6.32. The van der Waals surface area contributed by atoms with E-state index in [1.807, 2.05) is 35.2 Å². The van der Waals surface area contributed by atoms with E-state index in [4.69, 9.17) is 11.6 Å². The van der Waals surface area contributed by atoms with Crippen molar-refractivity contribution in [3.05, 3.63) is 87.9 Å².